The van der Waals surface area contributed by atoms with Gasteiger partial charge in [-0.3, -0.25) is 9.59 Å². The van der Waals surface area contributed by atoms with E-state index in [1.54, 1.807) is 0 Å². The number of anilines is 1. The molecule has 0 spiro atoms. The first-order chi connectivity index (χ1) is 12.2. The quantitative estimate of drug-likeness (QED) is 0.835. The molecule has 0 unspecified atom stereocenters. The van der Waals surface area contributed by atoms with Crippen molar-refractivity contribution >= 4 is 28.8 Å². The van der Waals surface area contributed by atoms with Crippen molar-refractivity contribution in [3.8, 4) is 0 Å². The zero-order valence-electron chi connectivity index (χ0n) is 14.1. The summed E-state index contributed by atoms with van der Waals surface area (Å²) in [6.45, 7) is 2.57. The molecule has 1 aromatic heterocycles. The number of hydrogen-bond acceptors (Lipinski definition) is 4. The molecule has 1 aliphatic heterocycles. The lowest BCUT2D eigenvalue weighted by Gasteiger charge is -2.32. The second-order valence-corrected chi connectivity index (χ2v) is 7.05. The lowest BCUT2D eigenvalue weighted by atomic mass is 10.0. The summed E-state index contributed by atoms with van der Waals surface area (Å²) in [7, 11) is 0. The second-order valence-electron chi connectivity index (χ2n) is 6.27. The SMILES string of the molecule is O=C(CCN1CCC(NC(=O)c2ccsc2)CC1)Nc1ccccc1. The normalized spacial score (nSPS) is 15.7. The number of hydrogen-bond donors (Lipinski definition) is 2. The van der Waals surface area contributed by atoms with E-state index in [-0.39, 0.29) is 17.9 Å². The maximum Gasteiger partial charge on any atom is 0.252 e. The molecule has 0 atom stereocenters. The Morgan fingerprint density at radius 3 is 2.56 bits per heavy atom. The first-order valence-electron chi connectivity index (χ1n) is 8.61. The van der Waals surface area contributed by atoms with E-state index < -0.39 is 0 Å². The van der Waals surface area contributed by atoms with Crippen molar-refractivity contribution in [2.75, 3.05) is 25.0 Å². The predicted octanol–water partition coefficient (Wildman–Crippen LogP) is 2.97. The highest BCUT2D eigenvalue weighted by atomic mass is 32.1. The van der Waals surface area contributed by atoms with E-state index in [2.05, 4.69) is 15.5 Å². The summed E-state index contributed by atoms with van der Waals surface area (Å²) in [6, 6.07) is 11.6. The maximum absolute atomic E-state index is 12.1. The van der Waals surface area contributed by atoms with Crippen LogP contribution in [0.25, 0.3) is 0 Å². The summed E-state index contributed by atoms with van der Waals surface area (Å²) >= 11 is 1.53. The van der Waals surface area contributed by atoms with Crippen LogP contribution in [0.4, 0.5) is 5.69 Å². The van der Waals surface area contributed by atoms with Gasteiger partial charge < -0.3 is 15.5 Å². The molecule has 1 aliphatic rings. The van der Waals surface area contributed by atoms with E-state index in [0.29, 0.717) is 6.42 Å². The summed E-state index contributed by atoms with van der Waals surface area (Å²) in [5.74, 6) is 0.0565. The number of nitrogens with zero attached hydrogens (tertiary/aromatic N) is 1. The third kappa shape index (κ3) is 5.41. The number of carbonyl (C=O) groups is 2. The molecule has 0 aliphatic carbocycles. The number of carbonyl (C=O) groups excluding carboxylic acids is 2. The van der Waals surface area contributed by atoms with Gasteiger partial charge >= 0.3 is 0 Å². The van der Waals surface area contributed by atoms with Crippen LogP contribution in [-0.2, 0) is 4.79 Å². The lowest BCUT2D eigenvalue weighted by molar-refractivity contribution is -0.116. The largest absolute Gasteiger partial charge is 0.349 e. The zero-order chi connectivity index (χ0) is 17.5. The molecule has 2 aromatic rings. The van der Waals surface area contributed by atoms with Gasteiger partial charge in [0.2, 0.25) is 5.91 Å². The van der Waals surface area contributed by atoms with Gasteiger partial charge in [0.05, 0.1) is 0 Å². The van der Waals surface area contributed by atoms with E-state index in [4.69, 9.17) is 0 Å². The van der Waals surface area contributed by atoms with Crippen molar-refractivity contribution in [3.63, 3.8) is 0 Å². The number of thiophene rings is 1. The smallest absolute Gasteiger partial charge is 0.252 e. The van der Waals surface area contributed by atoms with Gasteiger partial charge in [0.15, 0.2) is 0 Å². The van der Waals surface area contributed by atoms with Crippen LogP contribution >= 0.6 is 11.3 Å². The van der Waals surface area contributed by atoms with Crippen LogP contribution in [0.3, 0.4) is 0 Å². The van der Waals surface area contributed by atoms with Gasteiger partial charge in [0, 0.05) is 48.7 Å². The van der Waals surface area contributed by atoms with E-state index in [1.165, 1.54) is 11.3 Å². The third-order valence-corrected chi connectivity index (χ3v) is 5.10. The van der Waals surface area contributed by atoms with Crippen LogP contribution < -0.4 is 10.6 Å². The predicted molar refractivity (Wildman–Crippen MR) is 101 cm³/mol. The van der Waals surface area contributed by atoms with E-state index >= 15 is 0 Å². The van der Waals surface area contributed by atoms with Crippen LogP contribution in [0.2, 0.25) is 0 Å². The van der Waals surface area contributed by atoms with Crippen molar-refractivity contribution in [1.82, 2.24) is 10.2 Å². The number of nitrogens with one attached hydrogen (secondary N) is 2. The number of rotatable bonds is 6. The molecule has 1 saturated heterocycles. The average molecular weight is 357 g/mol. The molecular formula is C19H23N3O2S. The summed E-state index contributed by atoms with van der Waals surface area (Å²) in [6.07, 6.45) is 2.34. The molecule has 2 amide bonds. The van der Waals surface area contributed by atoms with Gasteiger partial charge in [-0.1, -0.05) is 18.2 Å². The van der Waals surface area contributed by atoms with Crippen LogP contribution in [0.1, 0.15) is 29.6 Å². The van der Waals surface area contributed by atoms with Crippen molar-refractivity contribution in [3.05, 3.63) is 52.7 Å². The molecule has 0 radical (unpaired) electrons. The van der Waals surface area contributed by atoms with Crippen LogP contribution in [0.15, 0.2) is 47.2 Å². The van der Waals surface area contributed by atoms with E-state index in [1.807, 2.05) is 47.2 Å². The van der Waals surface area contributed by atoms with E-state index in [9.17, 15) is 9.59 Å². The first-order valence-corrected chi connectivity index (χ1v) is 9.55. The maximum atomic E-state index is 12.1. The highest BCUT2D eigenvalue weighted by Crippen LogP contribution is 2.13. The first kappa shape index (κ1) is 17.6. The second kappa shape index (κ2) is 8.78. The van der Waals surface area contributed by atoms with Crippen molar-refractivity contribution in [2.45, 2.75) is 25.3 Å². The Morgan fingerprint density at radius 2 is 1.88 bits per heavy atom. The van der Waals surface area contributed by atoms with Crippen molar-refractivity contribution in [1.29, 1.82) is 0 Å². The number of piperidine rings is 1. The standard InChI is InChI=1S/C19H23N3O2S/c23-18(20-16-4-2-1-3-5-16)8-12-22-10-6-17(7-11-22)21-19(24)15-9-13-25-14-15/h1-5,9,13-14,17H,6-8,10-12H2,(H,20,23)(H,21,24). The Labute approximate surface area is 152 Å². The molecule has 25 heavy (non-hydrogen) atoms. The van der Waals surface area contributed by atoms with Gasteiger partial charge in [-0.25, -0.2) is 0 Å². The summed E-state index contributed by atoms with van der Waals surface area (Å²) < 4.78 is 0. The van der Waals surface area contributed by atoms with Crippen molar-refractivity contribution < 1.29 is 9.59 Å². The summed E-state index contributed by atoms with van der Waals surface area (Å²) in [5.41, 5.74) is 1.58. The van der Waals surface area contributed by atoms with Crippen molar-refractivity contribution in [2.24, 2.45) is 0 Å². The van der Waals surface area contributed by atoms with Gasteiger partial charge in [0.25, 0.3) is 5.91 Å². The number of para-hydroxylation sites is 1. The number of amides is 2. The summed E-state index contributed by atoms with van der Waals surface area (Å²) in [5, 5.41) is 9.80. The molecule has 1 fully saturated rings. The molecule has 2 heterocycles. The average Bonchev–Trinajstić information content (AvgIpc) is 3.17. The van der Waals surface area contributed by atoms with Gasteiger partial charge in [0.1, 0.15) is 0 Å². The molecule has 5 nitrogen and oxygen atoms in total. The number of likely N-dealkylation sites (tertiary alicyclic amines) is 1. The topological polar surface area (TPSA) is 61.4 Å². The Morgan fingerprint density at radius 1 is 1.12 bits per heavy atom. The van der Waals surface area contributed by atoms with Gasteiger partial charge in [-0.05, 0) is 36.4 Å². The van der Waals surface area contributed by atoms with Crippen LogP contribution in [-0.4, -0.2) is 42.4 Å². The van der Waals surface area contributed by atoms with Gasteiger partial charge in [-0.2, -0.15) is 11.3 Å². The van der Waals surface area contributed by atoms with Crippen LogP contribution in [0.5, 0.6) is 0 Å². The molecule has 0 bridgehead atoms. The molecular weight excluding hydrogens is 334 g/mol. The fourth-order valence-corrected chi connectivity index (χ4v) is 3.60. The minimum absolute atomic E-state index is 0.0157. The Balaban J connectivity index is 1.35. The molecule has 0 saturated carbocycles. The Bertz CT molecular complexity index is 680. The molecule has 2 N–H and O–H groups in total. The lowest BCUT2D eigenvalue weighted by Crippen LogP contribution is -2.45. The minimum Gasteiger partial charge on any atom is -0.349 e. The van der Waals surface area contributed by atoms with E-state index in [0.717, 1.165) is 43.7 Å². The monoisotopic (exact) mass is 357 g/mol. The minimum atomic E-state index is 0.0157. The molecule has 1 aromatic carbocycles. The zero-order valence-corrected chi connectivity index (χ0v) is 14.9. The highest BCUT2D eigenvalue weighted by molar-refractivity contribution is 7.08. The highest BCUT2D eigenvalue weighted by Gasteiger charge is 2.21. The Kier molecular flexibility index (Phi) is 6.19. The fourth-order valence-electron chi connectivity index (χ4n) is 2.97. The number of benzene rings is 1. The van der Waals surface area contributed by atoms with Crippen LogP contribution in [0, 0.1) is 0 Å². The Hall–Kier alpha value is -2.18. The summed E-state index contributed by atoms with van der Waals surface area (Å²) in [4.78, 5) is 26.4. The molecule has 3 rings (SSSR count). The fraction of sp³-hybridized carbons (Fsp3) is 0.368. The molecule has 6 heteroatoms. The molecule has 132 valence electrons. The van der Waals surface area contributed by atoms with Gasteiger partial charge in [-0.15, -0.1) is 0 Å². The third-order valence-electron chi connectivity index (χ3n) is 4.42.